The molecule has 0 saturated carbocycles. The van der Waals surface area contributed by atoms with Crippen LogP contribution in [-0.2, 0) is 31.4 Å². The molecule has 2 aromatic carbocycles. The number of amides is 2. The number of thioether (sulfide) groups is 1. The molecule has 2 amide bonds. The van der Waals surface area contributed by atoms with E-state index in [1.807, 2.05) is 0 Å². The van der Waals surface area contributed by atoms with Crippen molar-refractivity contribution in [3.63, 3.8) is 0 Å². The highest BCUT2D eigenvalue weighted by molar-refractivity contribution is 7.99. The number of carboxylic acid groups (broad SMARTS) is 1. The zero-order chi connectivity index (χ0) is 29.1. The van der Waals surface area contributed by atoms with E-state index in [1.54, 1.807) is 25.1 Å². The topological polar surface area (TPSA) is 122 Å². The van der Waals surface area contributed by atoms with E-state index in [4.69, 9.17) is 21.1 Å². The van der Waals surface area contributed by atoms with E-state index >= 15 is 0 Å². The van der Waals surface area contributed by atoms with Gasteiger partial charge in [-0.05, 0) is 36.8 Å². The lowest BCUT2D eigenvalue weighted by Crippen LogP contribution is -2.48. The molecule has 39 heavy (non-hydrogen) atoms. The van der Waals surface area contributed by atoms with Gasteiger partial charge in [0.05, 0.1) is 38.2 Å². The third-order valence-corrected chi connectivity index (χ3v) is 7.06. The molecule has 210 valence electrons. The van der Waals surface area contributed by atoms with Crippen LogP contribution < -0.4 is 14.8 Å². The molecule has 0 radical (unpaired) electrons. The SMILES string of the molecule is CC[C@@H](C(=O)NC(=CC(=O)O)C(=O)CSCc1c(F)cccc1Cl)N(C)C(=O)Cc1cc(OC)ccc1OC. The van der Waals surface area contributed by atoms with Gasteiger partial charge < -0.3 is 24.8 Å². The number of methoxy groups -OCH3 is 2. The summed E-state index contributed by atoms with van der Waals surface area (Å²) in [6.07, 6.45) is 0.692. The number of carboxylic acids is 1. The number of likely N-dealkylation sites (N-methyl/N-ethyl adjacent to an activating group) is 1. The van der Waals surface area contributed by atoms with Crippen LogP contribution in [0.2, 0.25) is 5.02 Å². The molecule has 0 bridgehead atoms. The van der Waals surface area contributed by atoms with Crippen molar-refractivity contribution in [2.24, 2.45) is 0 Å². The Bertz CT molecular complexity index is 1230. The Morgan fingerprint density at radius 1 is 1.18 bits per heavy atom. The molecule has 0 spiro atoms. The van der Waals surface area contributed by atoms with Gasteiger partial charge in [0.2, 0.25) is 11.8 Å². The molecule has 9 nitrogen and oxygen atoms in total. The van der Waals surface area contributed by atoms with Gasteiger partial charge in [0.25, 0.3) is 0 Å². The third-order valence-electron chi connectivity index (χ3n) is 5.75. The number of aliphatic carboxylic acids is 1. The number of nitrogens with one attached hydrogen (secondary N) is 1. The van der Waals surface area contributed by atoms with Crippen molar-refractivity contribution in [3.05, 3.63) is 70.1 Å². The number of hydrogen-bond donors (Lipinski definition) is 2. The summed E-state index contributed by atoms with van der Waals surface area (Å²) in [4.78, 5) is 51.4. The Kier molecular flexibility index (Phi) is 12.3. The van der Waals surface area contributed by atoms with Crippen LogP contribution in [0.3, 0.4) is 0 Å². The zero-order valence-corrected chi connectivity index (χ0v) is 23.5. The lowest BCUT2D eigenvalue weighted by atomic mass is 10.1. The van der Waals surface area contributed by atoms with Crippen LogP contribution in [0, 0.1) is 5.82 Å². The van der Waals surface area contributed by atoms with Crippen LogP contribution in [0.5, 0.6) is 11.5 Å². The highest BCUT2D eigenvalue weighted by Gasteiger charge is 2.28. The lowest BCUT2D eigenvalue weighted by molar-refractivity contribution is -0.138. The first-order valence-corrected chi connectivity index (χ1v) is 13.3. The second-order valence-corrected chi connectivity index (χ2v) is 9.68. The van der Waals surface area contributed by atoms with E-state index in [0.29, 0.717) is 23.1 Å². The highest BCUT2D eigenvalue weighted by atomic mass is 35.5. The van der Waals surface area contributed by atoms with Gasteiger partial charge in [-0.15, -0.1) is 11.8 Å². The minimum absolute atomic E-state index is 0.0636. The maximum absolute atomic E-state index is 14.0. The Morgan fingerprint density at radius 2 is 1.90 bits per heavy atom. The van der Waals surface area contributed by atoms with Crippen molar-refractivity contribution in [1.29, 1.82) is 0 Å². The molecule has 0 aromatic heterocycles. The second-order valence-electron chi connectivity index (χ2n) is 8.28. The number of carbonyl (C=O) groups is 4. The maximum Gasteiger partial charge on any atom is 0.330 e. The van der Waals surface area contributed by atoms with E-state index in [-0.39, 0.29) is 34.9 Å². The fourth-order valence-corrected chi connectivity index (χ4v) is 4.89. The van der Waals surface area contributed by atoms with Gasteiger partial charge in [-0.3, -0.25) is 14.4 Å². The molecule has 0 unspecified atom stereocenters. The number of carbonyl (C=O) groups excluding carboxylic acids is 3. The number of ether oxygens (including phenoxy) is 2. The first kappa shape index (κ1) is 31.6. The summed E-state index contributed by atoms with van der Waals surface area (Å²) in [6, 6.07) is 8.23. The number of rotatable bonds is 14. The molecule has 0 aliphatic rings. The number of nitrogens with zero attached hydrogens (tertiary/aromatic N) is 1. The van der Waals surface area contributed by atoms with Crippen molar-refractivity contribution < 1.29 is 38.1 Å². The molecule has 1 atom stereocenters. The molecule has 0 heterocycles. The molecular weight excluding hydrogens is 551 g/mol. The van der Waals surface area contributed by atoms with E-state index < -0.39 is 41.1 Å². The average Bonchev–Trinajstić information content (AvgIpc) is 2.89. The summed E-state index contributed by atoms with van der Waals surface area (Å²) in [5.74, 6) is -2.97. The largest absolute Gasteiger partial charge is 0.497 e. The average molecular weight is 581 g/mol. The van der Waals surface area contributed by atoms with Crippen LogP contribution in [0.15, 0.2) is 48.2 Å². The summed E-state index contributed by atoms with van der Waals surface area (Å²) in [6.45, 7) is 1.68. The predicted molar refractivity (Wildman–Crippen MR) is 147 cm³/mol. The first-order chi connectivity index (χ1) is 18.5. The minimum atomic E-state index is -1.44. The van der Waals surface area contributed by atoms with Crippen molar-refractivity contribution in [1.82, 2.24) is 10.2 Å². The van der Waals surface area contributed by atoms with Crippen LogP contribution in [0.25, 0.3) is 0 Å². The van der Waals surface area contributed by atoms with E-state index in [9.17, 15) is 28.7 Å². The molecule has 2 aromatic rings. The minimum Gasteiger partial charge on any atom is -0.497 e. The van der Waals surface area contributed by atoms with E-state index in [2.05, 4.69) is 5.32 Å². The van der Waals surface area contributed by atoms with E-state index in [1.165, 1.54) is 44.4 Å². The first-order valence-electron chi connectivity index (χ1n) is 11.8. The Labute approximate surface area is 235 Å². The number of hydrogen-bond acceptors (Lipinski definition) is 7. The molecule has 0 fully saturated rings. The van der Waals surface area contributed by atoms with Crippen LogP contribution in [-0.4, -0.2) is 66.6 Å². The van der Waals surface area contributed by atoms with Gasteiger partial charge in [-0.25, -0.2) is 9.18 Å². The summed E-state index contributed by atoms with van der Waals surface area (Å²) >= 11 is 7.02. The number of halogens is 2. The molecular formula is C27H30ClFN2O7S. The maximum atomic E-state index is 14.0. The van der Waals surface area contributed by atoms with Gasteiger partial charge in [0.1, 0.15) is 23.4 Å². The third kappa shape index (κ3) is 9.00. The number of Topliss-reactive ketones (excluding diaryl/α,β-unsaturated/α-hetero) is 1. The fourth-order valence-electron chi connectivity index (χ4n) is 3.64. The monoisotopic (exact) mass is 580 g/mol. The second kappa shape index (κ2) is 15.1. The van der Waals surface area contributed by atoms with Crippen LogP contribution in [0.1, 0.15) is 24.5 Å². The quantitative estimate of drug-likeness (QED) is 0.323. The highest BCUT2D eigenvalue weighted by Crippen LogP contribution is 2.26. The van der Waals surface area contributed by atoms with Gasteiger partial charge in [0.15, 0.2) is 5.78 Å². The molecule has 2 N–H and O–H groups in total. The smallest absolute Gasteiger partial charge is 0.330 e. The number of allylic oxidation sites excluding steroid dienone is 1. The Morgan fingerprint density at radius 3 is 2.49 bits per heavy atom. The molecule has 12 heteroatoms. The van der Waals surface area contributed by atoms with Crippen molar-refractivity contribution in [3.8, 4) is 11.5 Å². The van der Waals surface area contributed by atoms with Crippen LogP contribution >= 0.6 is 23.4 Å². The summed E-state index contributed by atoms with van der Waals surface area (Å²) in [7, 11) is 4.41. The molecule has 2 rings (SSSR count). The molecule has 0 aliphatic heterocycles. The Hall–Kier alpha value is -3.57. The van der Waals surface area contributed by atoms with E-state index in [0.717, 1.165) is 11.8 Å². The normalized spacial score (nSPS) is 11.9. The molecule has 0 aliphatic carbocycles. The predicted octanol–water partition coefficient (Wildman–Crippen LogP) is 3.86. The fraction of sp³-hybridized carbons (Fsp3) is 0.333. The Balaban J connectivity index is 2.11. The lowest BCUT2D eigenvalue weighted by Gasteiger charge is -2.27. The standard InChI is InChI=1S/C27H30ClFN2O7S/c1-5-22(31(2)25(33)12-16-11-17(37-3)9-10-24(16)38-4)27(36)30-21(13-26(34)35)23(32)15-39-14-18-19(28)7-6-8-20(18)29/h6-11,13,22H,5,12,14-15H2,1-4H3,(H,30,36)(H,34,35)/t22-/m0/s1. The van der Waals surface area contributed by atoms with Gasteiger partial charge >= 0.3 is 5.97 Å². The van der Waals surface area contributed by atoms with Gasteiger partial charge in [0, 0.05) is 29.0 Å². The number of ketones is 1. The number of benzene rings is 2. The summed E-state index contributed by atoms with van der Waals surface area (Å²) in [5.41, 5.74) is 0.314. The molecule has 0 saturated heterocycles. The summed E-state index contributed by atoms with van der Waals surface area (Å²) < 4.78 is 24.5. The van der Waals surface area contributed by atoms with Crippen LogP contribution in [0.4, 0.5) is 4.39 Å². The van der Waals surface area contributed by atoms with Gasteiger partial charge in [-0.2, -0.15) is 0 Å². The van der Waals surface area contributed by atoms with Crippen molar-refractivity contribution in [2.75, 3.05) is 27.0 Å². The van der Waals surface area contributed by atoms with Crippen molar-refractivity contribution >= 4 is 46.9 Å². The van der Waals surface area contributed by atoms with Gasteiger partial charge in [-0.1, -0.05) is 24.6 Å². The van der Waals surface area contributed by atoms with Crippen molar-refractivity contribution in [2.45, 2.75) is 31.6 Å². The summed E-state index contributed by atoms with van der Waals surface area (Å²) in [5, 5.41) is 11.8. The zero-order valence-electron chi connectivity index (χ0n) is 22.0.